The summed E-state index contributed by atoms with van der Waals surface area (Å²) in [6.45, 7) is 2.01. The molecular formula is C16H30ClN3O2. The van der Waals surface area contributed by atoms with E-state index in [-0.39, 0.29) is 42.7 Å². The molecule has 2 saturated carbocycles. The molecule has 0 aliphatic heterocycles. The van der Waals surface area contributed by atoms with Crippen molar-refractivity contribution >= 4 is 24.2 Å². The van der Waals surface area contributed by atoms with Crippen molar-refractivity contribution in [2.45, 2.75) is 76.3 Å². The number of carbonyl (C=O) groups excluding carboxylic acids is 2. The summed E-state index contributed by atoms with van der Waals surface area (Å²) in [7, 11) is 0. The fraction of sp³-hybridized carbons (Fsp3) is 0.875. The summed E-state index contributed by atoms with van der Waals surface area (Å²) in [5.74, 6) is -0.322. The fourth-order valence-electron chi connectivity index (χ4n) is 3.61. The minimum atomic E-state index is -0.442. The third kappa shape index (κ3) is 5.43. The molecule has 128 valence electrons. The Morgan fingerprint density at radius 3 is 2.36 bits per heavy atom. The van der Waals surface area contributed by atoms with Crippen LogP contribution < -0.4 is 16.4 Å². The summed E-state index contributed by atoms with van der Waals surface area (Å²) < 4.78 is 0. The van der Waals surface area contributed by atoms with Gasteiger partial charge in [-0.05, 0) is 32.6 Å². The number of halogens is 1. The van der Waals surface area contributed by atoms with E-state index >= 15 is 0 Å². The SMILES string of the molecule is CC1(N)CCCCC1C(=O)NCC(=O)NC1CCCCC1.Cl. The van der Waals surface area contributed by atoms with Gasteiger partial charge in [0.25, 0.3) is 0 Å². The highest BCUT2D eigenvalue weighted by Gasteiger charge is 2.37. The smallest absolute Gasteiger partial charge is 0.239 e. The number of rotatable bonds is 4. The standard InChI is InChI=1S/C16H29N3O2.ClH/c1-16(17)10-6-5-9-13(16)15(21)18-11-14(20)19-12-7-3-2-4-8-12;/h12-13H,2-11,17H2,1H3,(H,18,21)(H,19,20);1H. The van der Waals surface area contributed by atoms with Gasteiger partial charge in [0.05, 0.1) is 12.5 Å². The van der Waals surface area contributed by atoms with E-state index in [2.05, 4.69) is 10.6 Å². The van der Waals surface area contributed by atoms with Crippen LogP contribution in [0.25, 0.3) is 0 Å². The lowest BCUT2D eigenvalue weighted by Crippen LogP contribution is -2.54. The second kappa shape index (κ2) is 8.73. The van der Waals surface area contributed by atoms with E-state index in [1.54, 1.807) is 0 Å². The number of hydrogen-bond donors (Lipinski definition) is 3. The zero-order chi connectivity index (χ0) is 15.3. The van der Waals surface area contributed by atoms with Crippen LogP contribution in [0.15, 0.2) is 0 Å². The third-order valence-electron chi connectivity index (χ3n) is 4.96. The number of nitrogens with one attached hydrogen (secondary N) is 2. The van der Waals surface area contributed by atoms with Crippen molar-refractivity contribution in [1.82, 2.24) is 10.6 Å². The predicted octanol–water partition coefficient (Wildman–Crippen LogP) is 1.88. The van der Waals surface area contributed by atoms with E-state index in [0.29, 0.717) is 0 Å². The van der Waals surface area contributed by atoms with E-state index in [9.17, 15) is 9.59 Å². The molecule has 0 spiro atoms. The molecule has 2 rings (SSSR count). The highest BCUT2D eigenvalue weighted by Crippen LogP contribution is 2.31. The lowest BCUT2D eigenvalue weighted by Gasteiger charge is -2.37. The van der Waals surface area contributed by atoms with Crippen LogP contribution in [0.4, 0.5) is 0 Å². The van der Waals surface area contributed by atoms with Gasteiger partial charge >= 0.3 is 0 Å². The first kappa shape index (κ1) is 19.2. The van der Waals surface area contributed by atoms with Crippen LogP contribution >= 0.6 is 12.4 Å². The van der Waals surface area contributed by atoms with Crippen LogP contribution in [-0.2, 0) is 9.59 Å². The normalized spacial score (nSPS) is 29.3. The maximum absolute atomic E-state index is 12.2. The number of nitrogens with two attached hydrogens (primary N) is 1. The summed E-state index contributed by atoms with van der Waals surface area (Å²) in [6.07, 6.45) is 9.57. The van der Waals surface area contributed by atoms with Gasteiger partial charge in [-0.25, -0.2) is 0 Å². The van der Waals surface area contributed by atoms with Crippen molar-refractivity contribution in [3.63, 3.8) is 0 Å². The Kier molecular flexibility index (Phi) is 7.63. The van der Waals surface area contributed by atoms with Gasteiger partial charge in [0, 0.05) is 11.6 Å². The molecule has 0 aromatic rings. The summed E-state index contributed by atoms with van der Waals surface area (Å²) >= 11 is 0. The van der Waals surface area contributed by atoms with E-state index < -0.39 is 5.54 Å². The van der Waals surface area contributed by atoms with Gasteiger partial charge in [-0.2, -0.15) is 0 Å². The Hall–Kier alpha value is -0.810. The van der Waals surface area contributed by atoms with E-state index in [1.807, 2.05) is 6.92 Å². The van der Waals surface area contributed by atoms with E-state index in [0.717, 1.165) is 38.5 Å². The molecule has 6 heteroatoms. The molecule has 0 aromatic heterocycles. The highest BCUT2D eigenvalue weighted by molar-refractivity contribution is 5.86. The molecule has 2 amide bonds. The average Bonchev–Trinajstić information content (AvgIpc) is 2.45. The molecule has 0 heterocycles. The molecule has 2 fully saturated rings. The van der Waals surface area contributed by atoms with Crippen molar-refractivity contribution in [3.05, 3.63) is 0 Å². The van der Waals surface area contributed by atoms with Crippen LogP contribution in [-0.4, -0.2) is 29.9 Å². The lowest BCUT2D eigenvalue weighted by molar-refractivity contribution is -0.131. The molecule has 4 N–H and O–H groups in total. The highest BCUT2D eigenvalue weighted by atomic mass is 35.5. The fourth-order valence-corrected chi connectivity index (χ4v) is 3.61. The topological polar surface area (TPSA) is 84.2 Å². The molecule has 0 bridgehead atoms. The van der Waals surface area contributed by atoms with Crippen molar-refractivity contribution in [3.8, 4) is 0 Å². The molecule has 0 radical (unpaired) electrons. The van der Waals surface area contributed by atoms with Crippen LogP contribution in [0.1, 0.15) is 64.7 Å². The maximum Gasteiger partial charge on any atom is 0.239 e. The van der Waals surface area contributed by atoms with Crippen LogP contribution in [0.2, 0.25) is 0 Å². The van der Waals surface area contributed by atoms with Crippen LogP contribution in [0, 0.1) is 5.92 Å². The third-order valence-corrected chi connectivity index (χ3v) is 4.96. The van der Waals surface area contributed by atoms with Gasteiger partial charge in [0.2, 0.25) is 11.8 Å². The van der Waals surface area contributed by atoms with Gasteiger partial charge in [-0.3, -0.25) is 9.59 Å². The Balaban J connectivity index is 0.00000242. The molecule has 0 aromatic carbocycles. The summed E-state index contributed by atoms with van der Waals surface area (Å²) in [6, 6.07) is 0.289. The van der Waals surface area contributed by atoms with Gasteiger partial charge in [0.15, 0.2) is 0 Å². The van der Waals surface area contributed by atoms with Gasteiger partial charge in [-0.15, -0.1) is 12.4 Å². The zero-order valence-electron chi connectivity index (χ0n) is 13.5. The van der Waals surface area contributed by atoms with Crippen LogP contribution in [0.5, 0.6) is 0 Å². The van der Waals surface area contributed by atoms with Crippen molar-refractivity contribution < 1.29 is 9.59 Å². The van der Waals surface area contributed by atoms with E-state index in [1.165, 1.54) is 19.3 Å². The first-order chi connectivity index (χ1) is 9.99. The quantitative estimate of drug-likeness (QED) is 0.735. The molecule has 0 saturated heterocycles. The van der Waals surface area contributed by atoms with Crippen molar-refractivity contribution in [2.75, 3.05) is 6.54 Å². The molecule has 2 aliphatic carbocycles. The molecule has 2 aliphatic rings. The Labute approximate surface area is 139 Å². The van der Waals surface area contributed by atoms with Crippen LogP contribution in [0.3, 0.4) is 0 Å². The molecule has 2 unspecified atom stereocenters. The zero-order valence-corrected chi connectivity index (χ0v) is 14.3. The van der Waals surface area contributed by atoms with Crippen molar-refractivity contribution in [2.24, 2.45) is 11.7 Å². The summed E-state index contributed by atoms with van der Waals surface area (Å²) in [5, 5.41) is 5.78. The van der Waals surface area contributed by atoms with Crippen molar-refractivity contribution in [1.29, 1.82) is 0 Å². The average molecular weight is 332 g/mol. The Morgan fingerprint density at radius 1 is 1.09 bits per heavy atom. The number of carbonyl (C=O) groups is 2. The molecule has 2 atom stereocenters. The molecule has 22 heavy (non-hydrogen) atoms. The minimum Gasteiger partial charge on any atom is -0.352 e. The molecule has 5 nitrogen and oxygen atoms in total. The Bertz CT molecular complexity index is 382. The summed E-state index contributed by atoms with van der Waals surface area (Å²) in [5.41, 5.74) is 5.78. The Morgan fingerprint density at radius 2 is 1.73 bits per heavy atom. The minimum absolute atomic E-state index is 0. The first-order valence-electron chi connectivity index (χ1n) is 8.35. The first-order valence-corrected chi connectivity index (χ1v) is 8.35. The number of amides is 2. The lowest BCUT2D eigenvalue weighted by atomic mass is 9.74. The second-order valence-electron chi connectivity index (χ2n) is 6.92. The molecular weight excluding hydrogens is 302 g/mol. The largest absolute Gasteiger partial charge is 0.352 e. The summed E-state index contributed by atoms with van der Waals surface area (Å²) in [4.78, 5) is 24.1. The monoisotopic (exact) mass is 331 g/mol. The maximum atomic E-state index is 12.2. The second-order valence-corrected chi connectivity index (χ2v) is 6.92. The van der Waals surface area contributed by atoms with Gasteiger partial charge in [0.1, 0.15) is 0 Å². The van der Waals surface area contributed by atoms with E-state index in [4.69, 9.17) is 5.73 Å². The number of hydrogen-bond acceptors (Lipinski definition) is 3. The van der Waals surface area contributed by atoms with Gasteiger partial charge in [-0.1, -0.05) is 32.1 Å². The predicted molar refractivity (Wildman–Crippen MR) is 89.8 cm³/mol. The van der Waals surface area contributed by atoms with Gasteiger partial charge < -0.3 is 16.4 Å².